The summed E-state index contributed by atoms with van der Waals surface area (Å²) in [6.45, 7) is 5.43. The average molecular weight is 785 g/mol. The van der Waals surface area contributed by atoms with E-state index in [4.69, 9.17) is 4.98 Å². The smallest absolute Gasteiger partial charge is 0.100 e. The molecule has 4 nitrogen and oxygen atoms in total. The Kier molecular flexibility index (Phi) is 8.86. The number of pyridine rings is 1. The van der Waals surface area contributed by atoms with Gasteiger partial charge in [-0.3, -0.25) is 0 Å². The van der Waals surface area contributed by atoms with Crippen molar-refractivity contribution in [1.82, 2.24) is 4.98 Å². The summed E-state index contributed by atoms with van der Waals surface area (Å²) in [5, 5.41) is 0. The molecule has 4 heteroatoms. The molecule has 1 aromatic heterocycles. The van der Waals surface area contributed by atoms with Crippen molar-refractivity contribution in [3.8, 4) is 44.8 Å². The topological polar surface area (TPSA) is 22.6 Å². The molecule has 0 unspecified atom stereocenters. The standard InChI is InChI=1S/C57H44N4/c1-57(2)48-33-19-18-31-46(48)54-49(57)35-36-52(55(54)47-32-20-34-53-56(47)60(43-27-14-6-15-28-43)39-59(53)42-25-12-5-13-26-42)61(44-29-16-7-17-30-44)45-37-50(40-21-8-3-9-22-40)58-51(38-45)41-23-10-4-11-24-41/h3-38H,39H2,1-2H3. The summed E-state index contributed by atoms with van der Waals surface area (Å²) in [7, 11) is 0. The lowest BCUT2D eigenvalue weighted by Gasteiger charge is -2.32. The summed E-state index contributed by atoms with van der Waals surface area (Å²) in [6.07, 6.45) is 0. The molecule has 292 valence electrons. The third kappa shape index (κ3) is 6.19. The van der Waals surface area contributed by atoms with Crippen LogP contribution >= 0.6 is 0 Å². The van der Waals surface area contributed by atoms with Gasteiger partial charge < -0.3 is 14.7 Å². The highest BCUT2D eigenvalue weighted by molar-refractivity contribution is 6.08. The number of nitrogens with zero attached hydrogens (tertiary/aromatic N) is 4. The number of rotatable bonds is 8. The summed E-state index contributed by atoms with van der Waals surface area (Å²) in [6, 6.07) is 78.7. The number of hydrogen-bond acceptors (Lipinski definition) is 4. The number of fused-ring (bicyclic) bond motifs is 4. The second-order valence-corrected chi connectivity index (χ2v) is 16.4. The Morgan fingerprint density at radius 1 is 0.443 bits per heavy atom. The molecule has 0 bridgehead atoms. The zero-order valence-corrected chi connectivity index (χ0v) is 34.3. The van der Waals surface area contributed by atoms with Crippen LogP contribution in [0, 0.1) is 0 Å². The molecule has 1 aliphatic carbocycles. The van der Waals surface area contributed by atoms with Crippen LogP contribution < -0.4 is 14.7 Å². The highest BCUT2D eigenvalue weighted by atomic mass is 15.4. The highest BCUT2D eigenvalue weighted by Crippen LogP contribution is 2.59. The second-order valence-electron chi connectivity index (χ2n) is 16.4. The van der Waals surface area contributed by atoms with Crippen LogP contribution in [0.3, 0.4) is 0 Å². The lowest BCUT2D eigenvalue weighted by molar-refractivity contribution is 0.660. The monoisotopic (exact) mass is 784 g/mol. The zero-order chi connectivity index (χ0) is 40.9. The van der Waals surface area contributed by atoms with Crippen LogP contribution in [0.25, 0.3) is 44.8 Å². The molecule has 8 aromatic carbocycles. The molecule has 1 aliphatic heterocycles. The van der Waals surface area contributed by atoms with Crippen molar-refractivity contribution >= 4 is 39.8 Å². The Morgan fingerprint density at radius 3 is 1.59 bits per heavy atom. The van der Waals surface area contributed by atoms with Gasteiger partial charge in [-0.25, -0.2) is 4.98 Å². The van der Waals surface area contributed by atoms with Crippen molar-refractivity contribution in [3.63, 3.8) is 0 Å². The van der Waals surface area contributed by atoms with E-state index in [0.29, 0.717) is 6.67 Å². The maximum atomic E-state index is 5.32. The van der Waals surface area contributed by atoms with E-state index in [0.717, 1.165) is 51.0 Å². The van der Waals surface area contributed by atoms with E-state index in [9.17, 15) is 0 Å². The van der Waals surface area contributed by atoms with E-state index in [1.54, 1.807) is 0 Å². The van der Waals surface area contributed by atoms with Gasteiger partial charge in [0.25, 0.3) is 0 Å². The molecule has 2 aliphatic rings. The maximum Gasteiger partial charge on any atom is 0.100 e. The Labute approximate surface area is 358 Å². The average Bonchev–Trinajstić information content (AvgIpc) is 3.83. The summed E-state index contributed by atoms with van der Waals surface area (Å²) in [4.78, 5) is 12.7. The first kappa shape index (κ1) is 36.4. The SMILES string of the molecule is CC1(C)c2ccccc2-c2c1ccc(N(c1ccccc1)c1cc(-c3ccccc3)nc(-c3ccccc3)c1)c2-c1cccc2c1N(c1ccccc1)CN2c1ccccc1. The van der Waals surface area contributed by atoms with Crippen LogP contribution in [0.15, 0.2) is 218 Å². The lowest BCUT2D eigenvalue weighted by Crippen LogP contribution is -2.24. The van der Waals surface area contributed by atoms with Gasteiger partial charge in [-0.15, -0.1) is 0 Å². The number of benzene rings is 8. The lowest BCUT2D eigenvalue weighted by atomic mass is 9.81. The first-order valence-electron chi connectivity index (χ1n) is 21.1. The van der Waals surface area contributed by atoms with Crippen LogP contribution in [0.1, 0.15) is 25.0 Å². The van der Waals surface area contributed by atoms with E-state index < -0.39 is 0 Å². The summed E-state index contributed by atoms with van der Waals surface area (Å²) in [5.41, 5.74) is 19.2. The fraction of sp³-hybridized carbons (Fsp3) is 0.0702. The van der Waals surface area contributed by atoms with Gasteiger partial charge in [-0.1, -0.05) is 172 Å². The number of hydrogen-bond donors (Lipinski definition) is 0. The van der Waals surface area contributed by atoms with Crippen molar-refractivity contribution in [2.45, 2.75) is 19.3 Å². The zero-order valence-electron chi connectivity index (χ0n) is 34.3. The van der Waals surface area contributed by atoms with Crippen molar-refractivity contribution in [2.24, 2.45) is 0 Å². The molecule has 9 aromatic rings. The van der Waals surface area contributed by atoms with Crippen molar-refractivity contribution in [1.29, 1.82) is 0 Å². The molecule has 0 saturated heterocycles. The van der Waals surface area contributed by atoms with Crippen molar-refractivity contribution in [2.75, 3.05) is 21.4 Å². The second kappa shape index (κ2) is 14.8. The largest absolute Gasteiger partial charge is 0.321 e. The number of aromatic nitrogens is 1. The van der Waals surface area contributed by atoms with Gasteiger partial charge >= 0.3 is 0 Å². The molecule has 0 atom stereocenters. The first-order chi connectivity index (χ1) is 30.0. The molecule has 0 radical (unpaired) electrons. The molecule has 2 heterocycles. The Bertz CT molecular complexity index is 2960. The van der Waals surface area contributed by atoms with E-state index in [2.05, 4.69) is 247 Å². The van der Waals surface area contributed by atoms with Gasteiger partial charge in [-0.05, 0) is 82.9 Å². The highest BCUT2D eigenvalue weighted by Gasteiger charge is 2.40. The summed E-state index contributed by atoms with van der Waals surface area (Å²) in [5.74, 6) is 0. The van der Waals surface area contributed by atoms with Crippen LogP contribution in [-0.4, -0.2) is 11.7 Å². The number of para-hydroxylation sites is 4. The Hall–Kier alpha value is -7.69. The summed E-state index contributed by atoms with van der Waals surface area (Å²) >= 11 is 0. The fourth-order valence-corrected chi connectivity index (χ4v) is 9.58. The van der Waals surface area contributed by atoms with Gasteiger partial charge in [-0.2, -0.15) is 0 Å². The van der Waals surface area contributed by atoms with Crippen LogP contribution in [0.5, 0.6) is 0 Å². The van der Waals surface area contributed by atoms with E-state index in [1.807, 2.05) is 0 Å². The summed E-state index contributed by atoms with van der Waals surface area (Å²) < 4.78 is 0. The van der Waals surface area contributed by atoms with Gasteiger partial charge in [0.2, 0.25) is 0 Å². The van der Waals surface area contributed by atoms with Gasteiger partial charge in [0.15, 0.2) is 0 Å². The first-order valence-corrected chi connectivity index (χ1v) is 21.1. The predicted octanol–water partition coefficient (Wildman–Crippen LogP) is 15.1. The van der Waals surface area contributed by atoms with Crippen LogP contribution in [0.4, 0.5) is 39.8 Å². The molecule has 11 rings (SSSR count). The van der Waals surface area contributed by atoms with Crippen molar-refractivity contribution < 1.29 is 0 Å². The van der Waals surface area contributed by atoms with Crippen LogP contribution in [0.2, 0.25) is 0 Å². The van der Waals surface area contributed by atoms with E-state index in [-0.39, 0.29) is 5.41 Å². The maximum absolute atomic E-state index is 5.32. The minimum absolute atomic E-state index is 0.207. The number of anilines is 7. The molecule has 0 N–H and O–H groups in total. The van der Waals surface area contributed by atoms with Gasteiger partial charge in [0, 0.05) is 44.7 Å². The molecule has 0 spiro atoms. The molecule has 0 saturated carbocycles. The Morgan fingerprint density at radius 2 is 0.967 bits per heavy atom. The fourth-order valence-electron chi connectivity index (χ4n) is 9.58. The molecular formula is C57H44N4. The quantitative estimate of drug-likeness (QED) is 0.153. The van der Waals surface area contributed by atoms with Crippen LogP contribution in [-0.2, 0) is 5.41 Å². The third-order valence-electron chi connectivity index (χ3n) is 12.5. The van der Waals surface area contributed by atoms with E-state index >= 15 is 0 Å². The minimum Gasteiger partial charge on any atom is -0.321 e. The molecule has 0 amide bonds. The predicted molar refractivity (Wildman–Crippen MR) is 255 cm³/mol. The van der Waals surface area contributed by atoms with Crippen molar-refractivity contribution in [3.05, 3.63) is 230 Å². The molecule has 0 fully saturated rings. The van der Waals surface area contributed by atoms with Gasteiger partial charge in [0.1, 0.15) is 6.67 Å². The molecular weight excluding hydrogens is 741 g/mol. The minimum atomic E-state index is -0.207. The van der Waals surface area contributed by atoms with E-state index in [1.165, 1.54) is 44.8 Å². The third-order valence-corrected chi connectivity index (χ3v) is 12.5. The Balaban J connectivity index is 1.25. The van der Waals surface area contributed by atoms with Gasteiger partial charge in [0.05, 0.1) is 34.1 Å². The molecule has 61 heavy (non-hydrogen) atoms. The normalized spacial score (nSPS) is 13.4.